The molecular formula is C22H28O4. The first-order valence-corrected chi connectivity index (χ1v) is 9.10. The maximum absolute atomic E-state index is 12.0. The van der Waals surface area contributed by atoms with Crippen LogP contribution in [0.5, 0.6) is 11.5 Å². The third kappa shape index (κ3) is 4.01. The number of aromatic hydroxyl groups is 2. The number of rotatable bonds is 7. The molecule has 0 spiro atoms. The van der Waals surface area contributed by atoms with E-state index in [0.717, 1.165) is 28.7 Å². The summed E-state index contributed by atoms with van der Waals surface area (Å²) in [5.41, 5.74) is 3.29. The Morgan fingerprint density at radius 2 is 1.46 bits per heavy atom. The minimum Gasteiger partial charge on any atom is -0.508 e. The van der Waals surface area contributed by atoms with E-state index in [1.165, 1.54) is 0 Å². The van der Waals surface area contributed by atoms with E-state index >= 15 is 0 Å². The molecule has 140 valence electrons. The Hall–Kier alpha value is -2.49. The third-order valence-corrected chi connectivity index (χ3v) is 5.16. The molecule has 0 saturated carbocycles. The van der Waals surface area contributed by atoms with Crippen molar-refractivity contribution in [3.8, 4) is 11.5 Å². The molecule has 0 atom stereocenters. The summed E-state index contributed by atoms with van der Waals surface area (Å²) in [5.74, 6) is 0.299. The fourth-order valence-corrected chi connectivity index (χ4v) is 3.50. The van der Waals surface area contributed by atoms with E-state index in [4.69, 9.17) is 4.74 Å². The van der Waals surface area contributed by atoms with Gasteiger partial charge in [0.15, 0.2) is 0 Å². The first kappa shape index (κ1) is 19.8. The van der Waals surface area contributed by atoms with E-state index < -0.39 is 5.41 Å². The Morgan fingerprint density at radius 3 is 1.85 bits per heavy atom. The number of benzene rings is 2. The van der Waals surface area contributed by atoms with Gasteiger partial charge in [-0.25, -0.2) is 0 Å². The molecule has 0 aliphatic rings. The van der Waals surface area contributed by atoms with Crippen LogP contribution in [0.15, 0.2) is 36.4 Å². The summed E-state index contributed by atoms with van der Waals surface area (Å²) in [6, 6.07) is 11.2. The molecule has 0 unspecified atom stereocenters. The molecule has 2 rings (SSSR count). The Balaban J connectivity index is 2.55. The number of hydrogen-bond donors (Lipinski definition) is 2. The molecule has 0 aliphatic carbocycles. The van der Waals surface area contributed by atoms with Crippen molar-refractivity contribution < 1.29 is 19.7 Å². The van der Waals surface area contributed by atoms with Crippen LogP contribution in [-0.2, 0) is 14.9 Å². The molecule has 26 heavy (non-hydrogen) atoms. The highest BCUT2D eigenvalue weighted by Crippen LogP contribution is 2.42. The minimum absolute atomic E-state index is 0.212. The number of aryl methyl sites for hydroxylation is 2. The van der Waals surface area contributed by atoms with Crippen LogP contribution in [-0.4, -0.2) is 22.8 Å². The topological polar surface area (TPSA) is 66.8 Å². The van der Waals surface area contributed by atoms with Crippen LogP contribution in [0.4, 0.5) is 0 Å². The van der Waals surface area contributed by atoms with Gasteiger partial charge in [-0.15, -0.1) is 0 Å². The van der Waals surface area contributed by atoms with E-state index in [1.54, 1.807) is 19.1 Å². The van der Waals surface area contributed by atoms with Gasteiger partial charge in [0, 0.05) is 11.8 Å². The highest BCUT2D eigenvalue weighted by molar-refractivity contribution is 5.69. The largest absolute Gasteiger partial charge is 0.508 e. The minimum atomic E-state index is -0.399. The van der Waals surface area contributed by atoms with Crippen LogP contribution >= 0.6 is 0 Å². The van der Waals surface area contributed by atoms with Crippen LogP contribution in [0.2, 0.25) is 0 Å². The van der Waals surface area contributed by atoms with Crippen LogP contribution in [0.25, 0.3) is 0 Å². The van der Waals surface area contributed by atoms with Gasteiger partial charge in [-0.1, -0.05) is 31.2 Å². The molecule has 4 nitrogen and oxygen atoms in total. The van der Waals surface area contributed by atoms with Gasteiger partial charge in [-0.3, -0.25) is 4.79 Å². The molecule has 0 aliphatic heterocycles. The van der Waals surface area contributed by atoms with Gasteiger partial charge in [0.2, 0.25) is 0 Å². The summed E-state index contributed by atoms with van der Waals surface area (Å²) in [5, 5.41) is 19.8. The summed E-state index contributed by atoms with van der Waals surface area (Å²) in [6.45, 7) is 8.00. The summed E-state index contributed by atoms with van der Waals surface area (Å²) in [4.78, 5) is 12.0. The third-order valence-electron chi connectivity index (χ3n) is 5.16. The van der Waals surface area contributed by atoms with Crippen molar-refractivity contribution in [1.82, 2.24) is 0 Å². The molecule has 0 amide bonds. The quantitative estimate of drug-likeness (QED) is 0.702. The highest BCUT2D eigenvalue weighted by Gasteiger charge is 2.34. The number of ether oxygens (including phenoxy) is 1. The number of hydrogen-bond acceptors (Lipinski definition) is 4. The van der Waals surface area contributed by atoms with E-state index in [9.17, 15) is 15.0 Å². The normalized spacial score (nSPS) is 11.4. The van der Waals surface area contributed by atoms with Crippen LogP contribution in [0, 0.1) is 13.8 Å². The van der Waals surface area contributed by atoms with Gasteiger partial charge in [0.05, 0.1) is 6.61 Å². The lowest BCUT2D eigenvalue weighted by Crippen LogP contribution is -2.28. The molecule has 2 N–H and O–H groups in total. The lowest BCUT2D eigenvalue weighted by atomic mass is 9.69. The van der Waals surface area contributed by atoms with E-state index in [0.29, 0.717) is 19.4 Å². The average Bonchev–Trinajstić information content (AvgIpc) is 2.61. The fourth-order valence-electron chi connectivity index (χ4n) is 3.50. The van der Waals surface area contributed by atoms with Gasteiger partial charge >= 0.3 is 5.97 Å². The summed E-state index contributed by atoms with van der Waals surface area (Å²) < 4.78 is 5.12. The van der Waals surface area contributed by atoms with Gasteiger partial charge in [0.1, 0.15) is 11.5 Å². The highest BCUT2D eigenvalue weighted by atomic mass is 16.5. The number of phenols is 2. The molecule has 4 heteroatoms. The van der Waals surface area contributed by atoms with Gasteiger partial charge in [0.25, 0.3) is 0 Å². The zero-order valence-corrected chi connectivity index (χ0v) is 16.0. The molecule has 2 aromatic carbocycles. The van der Waals surface area contributed by atoms with Gasteiger partial charge < -0.3 is 14.9 Å². The molecular weight excluding hydrogens is 328 g/mol. The van der Waals surface area contributed by atoms with Crippen molar-refractivity contribution >= 4 is 5.97 Å². The maximum atomic E-state index is 12.0. The second kappa shape index (κ2) is 8.26. The summed E-state index contributed by atoms with van der Waals surface area (Å²) in [6.07, 6.45) is 1.68. The monoisotopic (exact) mass is 356 g/mol. The first-order valence-electron chi connectivity index (χ1n) is 9.10. The smallest absolute Gasteiger partial charge is 0.305 e. The maximum Gasteiger partial charge on any atom is 0.305 e. The standard InChI is InChI=1S/C22H28O4/c1-5-22(12-11-21(25)26-6-2,17-7-9-19(23)15(3)13-17)18-8-10-20(24)16(4)14-18/h7-10,13-14,23-24H,5-6,11-12H2,1-4H3. The summed E-state index contributed by atoms with van der Waals surface area (Å²) >= 11 is 0. The number of carbonyl (C=O) groups excluding carboxylic acids is 1. The molecule has 0 saturated heterocycles. The average molecular weight is 356 g/mol. The number of esters is 1. The first-order chi connectivity index (χ1) is 12.3. The second-order valence-corrected chi connectivity index (χ2v) is 6.74. The Kier molecular flexibility index (Phi) is 6.30. The molecule has 0 heterocycles. The number of phenolic OH excluding ortho intramolecular Hbond substituents is 2. The van der Waals surface area contributed by atoms with Crippen LogP contribution < -0.4 is 0 Å². The van der Waals surface area contributed by atoms with E-state index in [1.807, 2.05) is 38.1 Å². The lowest BCUT2D eigenvalue weighted by Gasteiger charge is -2.35. The van der Waals surface area contributed by atoms with Crippen molar-refractivity contribution in [3.05, 3.63) is 58.7 Å². The number of carbonyl (C=O) groups is 1. The summed E-state index contributed by atoms with van der Waals surface area (Å²) in [7, 11) is 0. The van der Waals surface area contributed by atoms with Crippen LogP contribution in [0.3, 0.4) is 0 Å². The van der Waals surface area contributed by atoms with E-state index in [-0.39, 0.29) is 17.5 Å². The molecule has 0 bridgehead atoms. The Bertz CT molecular complexity index is 728. The van der Waals surface area contributed by atoms with Crippen molar-refractivity contribution in [2.24, 2.45) is 0 Å². The van der Waals surface area contributed by atoms with Crippen molar-refractivity contribution in [2.45, 2.75) is 52.4 Å². The molecule has 0 radical (unpaired) electrons. The van der Waals surface area contributed by atoms with Crippen LogP contribution in [0.1, 0.15) is 55.4 Å². The SMILES string of the molecule is CCOC(=O)CCC(CC)(c1ccc(O)c(C)c1)c1ccc(O)c(C)c1. The predicted octanol–water partition coefficient (Wildman–Crippen LogP) is 4.75. The zero-order valence-electron chi connectivity index (χ0n) is 16.0. The van der Waals surface area contributed by atoms with E-state index in [2.05, 4.69) is 6.92 Å². The molecule has 0 fully saturated rings. The lowest BCUT2D eigenvalue weighted by molar-refractivity contribution is -0.143. The van der Waals surface area contributed by atoms with Crippen molar-refractivity contribution in [1.29, 1.82) is 0 Å². The molecule has 2 aromatic rings. The van der Waals surface area contributed by atoms with Crippen molar-refractivity contribution in [3.63, 3.8) is 0 Å². The predicted molar refractivity (Wildman–Crippen MR) is 103 cm³/mol. The molecule has 0 aromatic heterocycles. The fraction of sp³-hybridized carbons (Fsp3) is 0.409. The second-order valence-electron chi connectivity index (χ2n) is 6.74. The van der Waals surface area contributed by atoms with Gasteiger partial charge in [-0.05, 0) is 68.0 Å². The Morgan fingerprint density at radius 1 is 0.962 bits per heavy atom. The zero-order chi connectivity index (χ0) is 19.3. The Labute approximate surface area is 155 Å². The van der Waals surface area contributed by atoms with Gasteiger partial charge in [-0.2, -0.15) is 0 Å². The van der Waals surface area contributed by atoms with Crippen molar-refractivity contribution in [2.75, 3.05) is 6.61 Å².